The Morgan fingerprint density at radius 3 is 2.34 bits per heavy atom. The zero-order chi connectivity index (χ0) is 21.2. The molecule has 1 N–H and O–H groups in total. The van der Waals surface area contributed by atoms with Gasteiger partial charge < -0.3 is 10.2 Å². The van der Waals surface area contributed by atoms with Crippen LogP contribution in [0, 0.1) is 0 Å². The molecular formula is C23H28N4O2. The summed E-state index contributed by atoms with van der Waals surface area (Å²) in [5.41, 5.74) is 1.51. The number of benzene rings is 1. The minimum Gasteiger partial charge on any atom is -0.346 e. The first-order valence-electron chi connectivity index (χ1n) is 9.82. The molecule has 29 heavy (non-hydrogen) atoms. The standard InChI is InChI=1S/C23H28N4O2/c1-16(2)27(15-17-11-7-6-8-12-17)22(29)20-24-19(21(28)25-23(3,4)5)18-13-9-10-14-26(18)20/h6-14,16H,15H2,1-5H3,(H,25,28). The Balaban J connectivity index is 2.01. The van der Waals surface area contributed by atoms with Crippen molar-refractivity contribution in [2.45, 2.75) is 52.7 Å². The number of nitrogens with one attached hydrogen (secondary N) is 1. The minimum atomic E-state index is -0.400. The lowest BCUT2D eigenvalue weighted by atomic mass is 10.1. The van der Waals surface area contributed by atoms with Crippen molar-refractivity contribution in [2.24, 2.45) is 0 Å². The number of imidazole rings is 1. The molecule has 0 fully saturated rings. The summed E-state index contributed by atoms with van der Waals surface area (Å²) in [6.45, 7) is 10.2. The highest BCUT2D eigenvalue weighted by atomic mass is 16.2. The average molecular weight is 393 g/mol. The molecule has 0 atom stereocenters. The van der Waals surface area contributed by atoms with Crippen LogP contribution in [0.5, 0.6) is 0 Å². The van der Waals surface area contributed by atoms with E-state index < -0.39 is 5.54 Å². The van der Waals surface area contributed by atoms with E-state index in [1.807, 2.05) is 77.1 Å². The number of fused-ring (bicyclic) bond motifs is 1. The smallest absolute Gasteiger partial charge is 0.290 e. The number of rotatable bonds is 5. The van der Waals surface area contributed by atoms with Crippen LogP contribution in [0.2, 0.25) is 0 Å². The molecule has 152 valence electrons. The molecule has 2 amide bonds. The van der Waals surface area contributed by atoms with E-state index >= 15 is 0 Å². The van der Waals surface area contributed by atoms with Gasteiger partial charge in [-0.25, -0.2) is 4.98 Å². The van der Waals surface area contributed by atoms with Crippen LogP contribution < -0.4 is 5.32 Å². The van der Waals surface area contributed by atoms with Crippen molar-refractivity contribution in [1.29, 1.82) is 0 Å². The molecule has 3 aromatic rings. The first-order chi connectivity index (χ1) is 13.7. The summed E-state index contributed by atoms with van der Waals surface area (Å²) in [7, 11) is 0. The number of aromatic nitrogens is 2. The Hall–Kier alpha value is -3.15. The van der Waals surface area contributed by atoms with Crippen LogP contribution in [0.3, 0.4) is 0 Å². The van der Waals surface area contributed by atoms with Gasteiger partial charge in [0.25, 0.3) is 11.8 Å². The summed E-state index contributed by atoms with van der Waals surface area (Å²) in [5, 5.41) is 2.93. The van der Waals surface area contributed by atoms with E-state index in [0.717, 1.165) is 5.56 Å². The Bertz CT molecular complexity index is 1020. The molecule has 3 rings (SSSR count). The Morgan fingerprint density at radius 2 is 1.72 bits per heavy atom. The van der Waals surface area contributed by atoms with E-state index in [-0.39, 0.29) is 29.4 Å². The summed E-state index contributed by atoms with van der Waals surface area (Å²) in [4.78, 5) is 32.5. The van der Waals surface area contributed by atoms with Gasteiger partial charge in [-0.1, -0.05) is 36.4 Å². The number of carbonyl (C=O) groups excluding carboxylic acids is 2. The van der Waals surface area contributed by atoms with Crippen LogP contribution in [0.1, 0.15) is 61.3 Å². The number of hydrogen-bond acceptors (Lipinski definition) is 3. The molecule has 0 radical (unpaired) electrons. The lowest BCUT2D eigenvalue weighted by Crippen LogP contribution is -2.41. The van der Waals surface area contributed by atoms with Crippen LogP contribution in [0.25, 0.3) is 5.52 Å². The van der Waals surface area contributed by atoms with E-state index in [4.69, 9.17) is 0 Å². The molecular weight excluding hydrogens is 364 g/mol. The molecule has 6 nitrogen and oxygen atoms in total. The topological polar surface area (TPSA) is 66.7 Å². The summed E-state index contributed by atoms with van der Waals surface area (Å²) in [6, 6.07) is 15.3. The highest BCUT2D eigenvalue weighted by Gasteiger charge is 2.28. The fourth-order valence-electron chi connectivity index (χ4n) is 3.15. The lowest BCUT2D eigenvalue weighted by Gasteiger charge is -2.26. The molecule has 2 heterocycles. The summed E-state index contributed by atoms with van der Waals surface area (Å²) >= 11 is 0. The average Bonchev–Trinajstić information content (AvgIpc) is 3.05. The van der Waals surface area contributed by atoms with Crippen molar-refractivity contribution in [3.63, 3.8) is 0 Å². The quantitative estimate of drug-likeness (QED) is 0.716. The maximum atomic E-state index is 13.4. The zero-order valence-electron chi connectivity index (χ0n) is 17.6. The van der Waals surface area contributed by atoms with Crippen LogP contribution in [-0.2, 0) is 6.54 Å². The van der Waals surface area contributed by atoms with Crippen LogP contribution in [0.4, 0.5) is 0 Å². The number of carbonyl (C=O) groups is 2. The molecule has 0 aliphatic heterocycles. The second-order valence-electron chi connectivity index (χ2n) is 8.46. The van der Waals surface area contributed by atoms with Crippen LogP contribution in [0.15, 0.2) is 54.7 Å². The molecule has 6 heteroatoms. The third kappa shape index (κ3) is 4.65. The van der Waals surface area contributed by atoms with E-state index in [0.29, 0.717) is 12.1 Å². The monoisotopic (exact) mass is 392 g/mol. The summed E-state index contributed by atoms with van der Waals surface area (Å²) < 4.78 is 1.69. The molecule has 0 unspecified atom stereocenters. The largest absolute Gasteiger partial charge is 0.346 e. The Labute approximate surface area is 171 Å². The summed E-state index contributed by atoms with van der Waals surface area (Å²) in [6.07, 6.45) is 1.77. The van der Waals surface area contributed by atoms with E-state index in [1.54, 1.807) is 21.6 Å². The molecule has 0 bridgehead atoms. The van der Waals surface area contributed by atoms with Gasteiger partial charge in [0, 0.05) is 24.3 Å². The number of nitrogens with zero attached hydrogens (tertiary/aromatic N) is 3. The normalized spacial score (nSPS) is 11.7. The van der Waals surface area contributed by atoms with Crippen molar-refractivity contribution in [1.82, 2.24) is 19.6 Å². The zero-order valence-corrected chi connectivity index (χ0v) is 17.6. The maximum Gasteiger partial charge on any atom is 0.290 e. The molecule has 0 spiro atoms. The molecule has 0 saturated carbocycles. The first-order valence-corrected chi connectivity index (χ1v) is 9.82. The molecule has 0 aliphatic rings. The number of hydrogen-bond donors (Lipinski definition) is 1. The van der Waals surface area contributed by atoms with Gasteiger partial charge in [-0.2, -0.15) is 0 Å². The maximum absolute atomic E-state index is 13.4. The highest BCUT2D eigenvalue weighted by Crippen LogP contribution is 2.18. The molecule has 2 aromatic heterocycles. The highest BCUT2D eigenvalue weighted by molar-refractivity contribution is 6.02. The van der Waals surface area contributed by atoms with Crippen molar-refractivity contribution >= 4 is 17.3 Å². The van der Waals surface area contributed by atoms with Gasteiger partial charge in [-0.15, -0.1) is 0 Å². The van der Waals surface area contributed by atoms with Gasteiger partial charge in [0.1, 0.15) is 0 Å². The van der Waals surface area contributed by atoms with Crippen molar-refractivity contribution in [3.05, 3.63) is 71.8 Å². The third-order valence-electron chi connectivity index (χ3n) is 4.52. The predicted octanol–water partition coefficient (Wildman–Crippen LogP) is 3.91. The second-order valence-corrected chi connectivity index (χ2v) is 8.46. The fraction of sp³-hybridized carbons (Fsp3) is 0.348. The van der Waals surface area contributed by atoms with E-state index in [2.05, 4.69) is 10.3 Å². The Kier molecular flexibility index (Phi) is 5.73. The van der Waals surface area contributed by atoms with Crippen molar-refractivity contribution in [3.8, 4) is 0 Å². The number of pyridine rings is 1. The van der Waals surface area contributed by atoms with E-state index in [1.165, 1.54) is 0 Å². The molecule has 0 saturated heterocycles. The third-order valence-corrected chi connectivity index (χ3v) is 4.52. The SMILES string of the molecule is CC(C)N(Cc1ccccc1)C(=O)c1nc(C(=O)NC(C)(C)C)c2ccccn12. The van der Waals surface area contributed by atoms with Gasteiger partial charge in [0.2, 0.25) is 5.82 Å². The summed E-state index contributed by atoms with van der Waals surface area (Å²) in [5.74, 6) is -0.261. The van der Waals surface area contributed by atoms with Gasteiger partial charge in [0.15, 0.2) is 5.69 Å². The van der Waals surface area contributed by atoms with Gasteiger partial charge in [0.05, 0.1) is 5.52 Å². The predicted molar refractivity (Wildman–Crippen MR) is 114 cm³/mol. The van der Waals surface area contributed by atoms with Crippen molar-refractivity contribution < 1.29 is 9.59 Å². The molecule has 1 aromatic carbocycles. The van der Waals surface area contributed by atoms with Crippen LogP contribution >= 0.6 is 0 Å². The fourth-order valence-corrected chi connectivity index (χ4v) is 3.15. The van der Waals surface area contributed by atoms with Gasteiger partial charge in [-0.05, 0) is 52.3 Å². The van der Waals surface area contributed by atoms with Crippen molar-refractivity contribution in [2.75, 3.05) is 0 Å². The number of amides is 2. The first kappa shape index (κ1) is 20.6. The Morgan fingerprint density at radius 1 is 1.07 bits per heavy atom. The van der Waals surface area contributed by atoms with E-state index in [9.17, 15) is 9.59 Å². The molecule has 0 aliphatic carbocycles. The van der Waals surface area contributed by atoms with Gasteiger partial charge in [-0.3, -0.25) is 14.0 Å². The van der Waals surface area contributed by atoms with Crippen LogP contribution in [-0.4, -0.2) is 37.7 Å². The minimum absolute atomic E-state index is 0.0226. The second kappa shape index (κ2) is 8.07. The van der Waals surface area contributed by atoms with Gasteiger partial charge >= 0.3 is 0 Å². The lowest BCUT2D eigenvalue weighted by molar-refractivity contribution is 0.0677.